The number of hydrogen-bond donors (Lipinski definition) is 2. The molecule has 0 amide bonds. The molecule has 1 aliphatic carbocycles. The Kier molecular flexibility index (Phi) is 5.94. The molecule has 2 aliphatic rings. The van der Waals surface area contributed by atoms with E-state index in [1.54, 1.807) is 40.6 Å². The van der Waals surface area contributed by atoms with Crippen LogP contribution >= 0.6 is 0 Å². The molecule has 2 aromatic carbocycles. The molecule has 0 saturated carbocycles. The van der Waals surface area contributed by atoms with Crippen LogP contribution in [0, 0.1) is 0 Å². The van der Waals surface area contributed by atoms with Gasteiger partial charge in [-0.1, -0.05) is 12.1 Å². The lowest BCUT2D eigenvalue weighted by Crippen LogP contribution is -2.27. The third-order valence-electron chi connectivity index (χ3n) is 6.47. The average molecular weight is 479 g/mol. The zero-order valence-electron chi connectivity index (χ0n) is 19.9. The molecular formula is C25H26N4O6. The van der Waals surface area contributed by atoms with Gasteiger partial charge in [0.15, 0.2) is 17.3 Å². The maximum atomic E-state index is 13.7. The van der Waals surface area contributed by atoms with Crippen LogP contribution in [0.3, 0.4) is 0 Å². The Bertz CT molecular complexity index is 1280. The summed E-state index contributed by atoms with van der Waals surface area (Å²) in [5.74, 6) is 3.17. The molecule has 0 saturated heterocycles. The van der Waals surface area contributed by atoms with Gasteiger partial charge in [-0.25, -0.2) is 4.63 Å². The number of ether oxygens (including phenoxy) is 4. The van der Waals surface area contributed by atoms with E-state index in [-0.39, 0.29) is 11.7 Å². The van der Waals surface area contributed by atoms with E-state index in [2.05, 4.69) is 20.9 Å². The monoisotopic (exact) mass is 478 g/mol. The number of carbonyl (C=O) groups excluding carboxylic acids is 1. The standard InChI is InChI=1S/C25H26N4O6/c1-31-15-7-5-13(6-8-15)14-9-17-22(18(30)10-14)23(27-25-24(26-17)28-35-29-25)16-11-20(33-3)21(34-4)12-19(16)32-2/h5-8,11-12,14,23H,9-10H2,1-4H3,(H,26,28)(H,27,29)/t14-,23-/m1/s1. The van der Waals surface area contributed by atoms with E-state index in [0.717, 1.165) is 17.0 Å². The summed E-state index contributed by atoms with van der Waals surface area (Å²) in [5.41, 5.74) is 3.11. The average Bonchev–Trinajstić information content (AvgIpc) is 3.26. The van der Waals surface area contributed by atoms with Crippen LogP contribution in [0.15, 0.2) is 52.3 Å². The van der Waals surface area contributed by atoms with Crippen LogP contribution in [-0.4, -0.2) is 44.5 Å². The van der Waals surface area contributed by atoms with Crippen molar-refractivity contribution in [3.63, 3.8) is 0 Å². The first kappa shape index (κ1) is 22.6. The molecule has 0 bridgehead atoms. The van der Waals surface area contributed by atoms with Gasteiger partial charge in [-0.05, 0) is 46.4 Å². The van der Waals surface area contributed by atoms with Gasteiger partial charge in [0.05, 0.1) is 34.5 Å². The van der Waals surface area contributed by atoms with Crippen LogP contribution in [0.4, 0.5) is 11.6 Å². The maximum Gasteiger partial charge on any atom is 0.219 e. The molecule has 2 heterocycles. The van der Waals surface area contributed by atoms with Gasteiger partial charge in [0, 0.05) is 29.3 Å². The topological polar surface area (TPSA) is 117 Å². The van der Waals surface area contributed by atoms with Crippen LogP contribution in [0.1, 0.15) is 35.9 Å². The molecule has 3 aromatic rings. The van der Waals surface area contributed by atoms with Gasteiger partial charge in [-0.3, -0.25) is 4.79 Å². The van der Waals surface area contributed by atoms with E-state index in [4.69, 9.17) is 23.6 Å². The third-order valence-corrected chi connectivity index (χ3v) is 6.47. The molecule has 0 unspecified atom stereocenters. The van der Waals surface area contributed by atoms with Crippen molar-refractivity contribution < 1.29 is 28.4 Å². The maximum absolute atomic E-state index is 13.7. The molecule has 1 aromatic heterocycles. The Morgan fingerprint density at radius 1 is 0.857 bits per heavy atom. The van der Waals surface area contributed by atoms with Gasteiger partial charge in [0.2, 0.25) is 11.6 Å². The van der Waals surface area contributed by atoms with Crippen LogP contribution in [-0.2, 0) is 4.79 Å². The lowest BCUT2D eigenvalue weighted by Gasteiger charge is -2.30. The number of ketones is 1. The highest BCUT2D eigenvalue weighted by atomic mass is 16.6. The molecule has 10 nitrogen and oxygen atoms in total. The SMILES string of the molecule is COc1ccc([C@H]2CC(=O)C3=C(C2)Nc2nonc2N[C@@H]3c2cc(OC)c(OC)cc2OC)cc1. The van der Waals surface area contributed by atoms with E-state index < -0.39 is 6.04 Å². The zero-order chi connectivity index (χ0) is 24.5. The van der Waals surface area contributed by atoms with Gasteiger partial charge in [-0.2, -0.15) is 0 Å². The highest BCUT2D eigenvalue weighted by Gasteiger charge is 2.39. The van der Waals surface area contributed by atoms with Gasteiger partial charge >= 0.3 is 0 Å². The number of fused-ring (bicyclic) bond motifs is 1. The minimum atomic E-state index is -0.579. The second kappa shape index (κ2) is 9.21. The molecule has 2 N–H and O–H groups in total. The zero-order valence-corrected chi connectivity index (χ0v) is 19.9. The first-order valence-electron chi connectivity index (χ1n) is 11.1. The largest absolute Gasteiger partial charge is 0.497 e. The highest BCUT2D eigenvalue weighted by Crippen LogP contribution is 2.47. The smallest absolute Gasteiger partial charge is 0.219 e. The minimum Gasteiger partial charge on any atom is -0.497 e. The number of carbonyl (C=O) groups is 1. The lowest BCUT2D eigenvalue weighted by molar-refractivity contribution is -0.116. The summed E-state index contributed by atoms with van der Waals surface area (Å²) in [7, 11) is 6.32. The predicted octanol–water partition coefficient (Wildman–Crippen LogP) is 4.08. The van der Waals surface area contributed by atoms with Gasteiger partial charge in [0.25, 0.3) is 0 Å². The van der Waals surface area contributed by atoms with E-state index in [1.807, 2.05) is 24.3 Å². The minimum absolute atomic E-state index is 0.00554. The quantitative estimate of drug-likeness (QED) is 0.537. The van der Waals surface area contributed by atoms with E-state index in [0.29, 0.717) is 52.9 Å². The number of anilines is 2. The number of benzene rings is 2. The number of Topliss-reactive ketones (excluding diaryl/α,β-unsaturated/α-hetero) is 1. The number of nitrogens with zero attached hydrogens (tertiary/aromatic N) is 2. The number of nitrogens with one attached hydrogen (secondary N) is 2. The molecule has 10 heteroatoms. The second-order valence-corrected chi connectivity index (χ2v) is 8.31. The predicted molar refractivity (Wildman–Crippen MR) is 127 cm³/mol. The molecule has 0 spiro atoms. The fraction of sp³-hybridized carbons (Fsp3) is 0.320. The molecule has 0 fully saturated rings. The third kappa shape index (κ3) is 4.01. The Labute approximate surface area is 202 Å². The number of methoxy groups -OCH3 is 4. The first-order chi connectivity index (χ1) is 17.1. The fourth-order valence-electron chi connectivity index (χ4n) is 4.72. The van der Waals surface area contributed by atoms with E-state index >= 15 is 0 Å². The van der Waals surface area contributed by atoms with Crippen LogP contribution in [0.2, 0.25) is 0 Å². The number of allylic oxidation sites excluding steroid dienone is 1. The molecule has 35 heavy (non-hydrogen) atoms. The van der Waals surface area contributed by atoms with Crippen LogP contribution in [0.25, 0.3) is 0 Å². The molecule has 5 rings (SSSR count). The molecule has 1 aliphatic heterocycles. The van der Waals surface area contributed by atoms with E-state index in [9.17, 15) is 4.79 Å². The Morgan fingerprint density at radius 3 is 2.23 bits per heavy atom. The van der Waals surface area contributed by atoms with Crippen molar-refractivity contribution in [3.8, 4) is 23.0 Å². The van der Waals surface area contributed by atoms with Crippen LogP contribution < -0.4 is 29.6 Å². The van der Waals surface area contributed by atoms with Crippen molar-refractivity contribution in [1.82, 2.24) is 10.3 Å². The van der Waals surface area contributed by atoms with Crippen molar-refractivity contribution >= 4 is 17.4 Å². The molecule has 0 radical (unpaired) electrons. The Balaban J connectivity index is 1.61. The van der Waals surface area contributed by atoms with Gasteiger partial charge < -0.3 is 29.6 Å². The second-order valence-electron chi connectivity index (χ2n) is 8.31. The van der Waals surface area contributed by atoms with Crippen molar-refractivity contribution in [2.24, 2.45) is 0 Å². The molecule has 182 valence electrons. The number of rotatable bonds is 6. The number of hydrogen-bond acceptors (Lipinski definition) is 10. The molecule has 2 atom stereocenters. The van der Waals surface area contributed by atoms with Crippen molar-refractivity contribution in [3.05, 3.63) is 58.8 Å². The summed E-state index contributed by atoms with van der Waals surface area (Å²) >= 11 is 0. The summed E-state index contributed by atoms with van der Waals surface area (Å²) in [6.45, 7) is 0. The summed E-state index contributed by atoms with van der Waals surface area (Å²) in [5, 5.41) is 14.6. The summed E-state index contributed by atoms with van der Waals surface area (Å²) in [6, 6.07) is 10.8. The Morgan fingerprint density at radius 2 is 1.54 bits per heavy atom. The lowest BCUT2D eigenvalue weighted by atomic mass is 9.78. The first-order valence-corrected chi connectivity index (χ1v) is 11.1. The van der Waals surface area contributed by atoms with Gasteiger partial charge in [0.1, 0.15) is 11.5 Å². The van der Waals surface area contributed by atoms with Crippen molar-refractivity contribution in [2.45, 2.75) is 24.8 Å². The van der Waals surface area contributed by atoms with Gasteiger partial charge in [-0.15, -0.1) is 0 Å². The molecular weight excluding hydrogens is 452 g/mol. The number of aromatic nitrogens is 2. The Hall–Kier alpha value is -4.21. The normalized spacial score (nSPS) is 19.0. The summed E-state index contributed by atoms with van der Waals surface area (Å²) < 4.78 is 26.9. The summed E-state index contributed by atoms with van der Waals surface area (Å²) in [6.07, 6.45) is 0.962. The van der Waals surface area contributed by atoms with Crippen molar-refractivity contribution in [1.29, 1.82) is 0 Å². The van der Waals surface area contributed by atoms with Crippen LogP contribution in [0.5, 0.6) is 23.0 Å². The van der Waals surface area contributed by atoms with E-state index in [1.165, 1.54) is 0 Å². The fourth-order valence-corrected chi connectivity index (χ4v) is 4.72. The summed E-state index contributed by atoms with van der Waals surface area (Å²) in [4.78, 5) is 13.7. The highest BCUT2D eigenvalue weighted by molar-refractivity contribution is 6.01. The van der Waals surface area contributed by atoms with Crippen molar-refractivity contribution in [2.75, 3.05) is 39.1 Å².